The molecule has 4 heteroatoms. The quantitative estimate of drug-likeness (QED) is 0.893. The van der Waals surface area contributed by atoms with Crippen molar-refractivity contribution < 1.29 is 4.79 Å². The van der Waals surface area contributed by atoms with Crippen LogP contribution in [-0.2, 0) is 11.2 Å². The summed E-state index contributed by atoms with van der Waals surface area (Å²) < 4.78 is 0. The van der Waals surface area contributed by atoms with Gasteiger partial charge in [0.05, 0.1) is 0 Å². The molecular weight excluding hydrogens is 257 g/mol. The number of benzene rings is 1. The number of hydrogen-bond acceptors (Lipinski definition) is 2. The Bertz CT molecular complexity index is 414. The molecule has 17 heavy (non-hydrogen) atoms. The molecule has 1 unspecified atom stereocenters. The zero-order chi connectivity index (χ0) is 13.1. The molecule has 1 atom stereocenters. The van der Waals surface area contributed by atoms with Crippen molar-refractivity contribution in [3.05, 3.63) is 33.8 Å². The van der Waals surface area contributed by atoms with E-state index in [9.17, 15) is 4.79 Å². The standard InChI is InChI=1S/C13H17Cl2NO/c1-3-13(2,8-16)12(17)7-9-6-10(14)4-5-11(9)15/h4-6H,3,7-8,16H2,1-2H3. The highest BCUT2D eigenvalue weighted by Crippen LogP contribution is 2.26. The smallest absolute Gasteiger partial charge is 0.144 e. The highest BCUT2D eigenvalue weighted by molar-refractivity contribution is 6.33. The van der Waals surface area contributed by atoms with Crippen LogP contribution in [0.15, 0.2) is 18.2 Å². The van der Waals surface area contributed by atoms with Gasteiger partial charge in [0.25, 0.3) is 0 Å². The second kappa shape index (κ2) is 5.85. The van der Waals surface area contributed by atoms with E-state index in [0.717, 1.165) is 12.0 Å². The molecule has 0 fully saturated rings. The van der Waals surface area contributed by atoms with Crippen LogP contribution < -0.4 is 5.73 Å². The normalized spacial score (nSPS) is 14.4. The van der Waals surface area contributed by atoms with E-state index in [1.807, 2.05) is 13.8 Å². The van der Waals surface area contributed by atoms with Crippen LogP contribution in [0.3, 0.4) is 0 Å². The first-order chi connectivity index (χ1) is 7.92. The Morgan fingerprint density at radius 3 is 2.59 bits per heavy atom. The summed E-state index contributed by atoms with van der Waals surface area (Å²) in [5.74, 6) is 0.103. The summed E-state index contributed by atoms with van der Waals surface area (Å²) in [6, 6.07) is 5.15. The zero-order valence-electron chi connectivity index (χ0n) is 10.1. The van der Waals surface area contributed by atoms with E-state index in [-0.39, 0.29) is 12.2 Å². The number of rotatable bonds is 5. The molecule has 0 amide bonds. The van der Waals surface area contributed by atoms with E-state index in [0.29, 0.717) is 16.6 Å². The molecule has 0 saturated heterocycles. The van der Waals surface area contributed by atoms with Gasteiger partial charge in [0.15, 0.2) is 0 Å². The van der Waals surface area contributed by atoms with Crippen molar-refractivity contribution in [3.63, 3.8) is 0 Å². The van der Waals surface area contributed by atoms with Crippen LogP contribution in [0.25, 0.3) is 0 Å². The molecule has 0 heterocycles. The third kappa shape index (κ3) is 3.44. The van der Waals surface area contributed by atoms with Gasteiger partial charge in [0.1, 0.15) is 5.78 Å². The van der Waals surface area contributed by atoms with E-state index in [4.69, 9.17) is 28.9 Å². The number of ketones is 1. The van der Waals surface area contributed by atoms with Gasteiger partial charge < -0.3 is 5.73 Å². The highest BCUT2D eigenvalue weighted by Gasteiger charge is 2.29. The van der Waals surface area contributed by atoms with Crippen LogP contribution in [0, 0.1) is 5.41 Å². The molecule has 2 nitrogen and oxygen atoms in total. The van der Waals surface area contributed by atoms with E-state index in [2.05, 4.69) is 0 Å². The van der Waals surface area contributed by atoms with Gasteiger partial charge in [0.2, 0.25) is 0 Å². The summed E-state index contributed by atoms with van der Waals surface area (Å²) in [4.78, 5) is 12.2. The SMILES string of the molecule is CCC(C)(CN)C(=O)Cc1cc(Cl)ccc1Cl. The van der Waals surface area contributed by atoms with E-state index in [1.54, 1.807) is 18.2 Å². The Labute approximate surface area is 112 Å². The highest BCUT2D eigenvalue weighted by atomic mass is 35.5. The fraction of sp³-hybridized carbons (Fsp3) is 0.462. The molecule has 0 aromatic heterocycles. The van der Waals surface area contributed by atoms with Crippen LogP contribution >= 0.6 is 23.2 Å². The van der Waals surface area contributed by atoms with Crippen molar-refractivity contribution in [2.75, 3.05) is 6.54 Å². The van der Waals surface area contributed by atoms with Gasteiger partial charge in [0, 0.05) is 28.4 Å². The van der Waals surface area contributed by atoms with Gasteiger partial charge in [-0.3, -0.25) is 4.79 Å². The van der Waals surface area contributed by atoms with E-state index >= 15 is 0 Å². The van der Waals surface area contributed by atoms with Gasteiger partial charge in [-0.25, -0.2) is 0 Å². The monoisotopic (exact) mass is 273 g/mol. The zero-order valence-corrected chi connectivity index (χ0v) is 11.6. The van der Waals surface area contributed by atoms with Crippen molar-refractivity contribution in [1.29, 1.82) is 0 Å². The predicted molar refractivity (Wildman–Crippen MR) is 72.6 cm³/mol. The summed E-state index contributed by atoms with van der Waals surface area (Å²) in [5.41, 5.74) is 5.94. The topological polar surface area (TPSA) is 43.1 Å². The van der Waals surface area contributed by atoms with Crippen molar-refractivity contribution in [1.82, 2.24) is 0 Å². The second-order valence-electron chi connectivity index (χ2n) is 4.45. The molecule has 1 aromatic rings. The molecule has 94 valence electrons. The van der Waals surface area contributed by atoms with Crippen LogP contribution in [0.5, 0.6) is 0 Å². The first-order valence-electron chi connectivity index (χ1n) is 5.60. The lowest BCUT2D eigenvalue weighted by Gasteiger charge is -2.24. The Hall–Kier alpha value is -0.570. The molecule has 0 radical (unpaired) electrons. The van der Waals surface area contributed by atoms with Crippen molar-refractivity contribution >= 4 is 29.0 Å². The first kappa shape index (κ1) is 14.5. The molecular formula is C13H17Cl2NO. The summed E-state index contributed by atoms with van der Waals surface area (Å²) in [5, 5.41) is 1.15. The van der Waals surface area contributed by atoms with Crippen LogP contribution in [-0.4, -0.2) is 12.3 Å². The van der Waals surface area contributed by atoms with Crippen LogP contribution in [0.2, 0.25) is 10.0 Å². The molecule has 0 aliphatic heterocycles. The molecule has 1 aromatic carbocycles. The summed E-state index contributed by atoms with van der Waals surface area (Å²) in [7, 11) is 0. The van der Waals surface area contributed by atoms with Gasteiger partial charge in [-0.1, -0.05) is 37.0 Å². The molecule has 0 spiro atoms. The Morgan fingerprint density at radius 2 is 2.06 bits per heavy atom. The van der Waals surface area contributed by atoms with E-state index < -0.39 is 5.41 Å². The van der Waals surface area contributed by atoms with Gasteiger partial charge >= 0.3 is 0 Å². The van der Waals surface area contributed by atoms with Crippen LogP contribution in [0.1, 0.15) is 25.8 Å². The summed E-state index contributed by atoms with van der Waals surface area (Å²) >= 11 is 11.9. The Kier molecular flexibility index (Phi) is 4.99. The maximum atomic E-state index is 12.2. The van der Waals surface area contributed by atoms with Gasteiger partial charge in [-0.2, -0.15) is 0 Å². The molecule has 0 aliphatic carbocycles. The molecule has 2 N–H and O–H groups in total. The summed E-state index contributed by atoms with van der Waals surface area (Å²) in [6.45, 7) is 4.19. The van der Waals surface area contributed by atoms with Gasteiger partial charge in [-0.15, -0.1) is 0 Å². The number of carbonyl (C=O) groups is 1. The molecule has 0 aliphatic rings. The average Bonchev–Trinajstić information content (AvgIpc) is 2.32. The maximum Gasteiger partial charge on any atom is 0.144 e. The fourth-order valence-electron chi connectivity index (χ4n) is 1.52. The van der Waals surface area contributed by atoms with Crippen LogP contribution in [0.4, 0.5) is 0 Å². The molecule has 1 rings (SSSR count). The van der Waals surface area contributed by atoms with Crippen molar-refractivity contribution in [3.8, 4) is 0 Å². The Balaban J connectivity index is 2.91. The minimum absolute atomic E-state index is 0.103. The molecule has 0 bridgehead atoms. The number of nitrogens with two attached hydrogens (primary N) is 1. The lowest BCUT2D eigenvalue weighted by molar-refractivity contribution is -0.126. The lowest BCUT2D eigenvalue weighted by atomic mass is 9.80. The number of halogens is 2. The van der Waals surface area contributed by atoms with E-state index in [1.165, 1.54) is 0 Å². The van der Waals surface area contributed by atoms with Gasteiger partial charge in [-0.05, 0) is 30.2 Å². The number of hydrogen-bond donors (Lipinski definition) is 1. The summed E-state index contributed by atoms with van der Waals surface area (Å²) in [6.07, 6.45) is 1.00. The maximum absolute atomic E-state index is 12.2. The second-order valence-corrected chi connectivity index (χ2v) is 5.30. The third-order valence-electron chi connectivity index (χ3n) is 3.26. The third-order valence-corrected chi connectivity index (χ3v) is 3.87. The Morgan fingerprint density at radius 1 is 1.41 bits per heavy atom. The number of Topliss-reactive ketones (excluding diaryl/α,β-unsaturated/α-hetero) is 1. The first-order valence-corrected chi connectivity index (χ1v) is 6.36. The minimum atomic E-state index is -0.481. The number of carbonyl (C=O) groups excluding carboxylic acids is 1. The van der Waals surface area contributed by atoms with Crippen molar-refractivity contribution in [2.24, 2.45) is 11.1 Å². The molecule has 0 saturated carbocycles. The van der Waals surface area contributed by atoms with Crippen molar-refractivity contribution in [2.45, 2.75) is 26.7 Å². The lowest BCUT2D eigenvalue weighted by Crippen LogP contribution is -2.36. The fourth-order valence-corrected chi connectivity index (χ4v) is 1.90. The minimum Gasteiger partial charge on any atom is -0.329 e. The predicted octanol–water partition coefficient (Wildman–Crippen LogP) is 3.48. The average molecular weight is 274 g/mol. The largest absolute Gasteiger partial charge is 0.329 e.